The van der Waals surface area contributed by atoms with Gasteiger partial charge < -0.3 is 14.2 Å². The number of aryl methyl sites for hydroxylation is 1. The quantitative estimate of drug-likeness (QED) is 0.850. The zero-order valence-corrected chi connectivity index (χ0v) is 12.5. The van der Waals surface area contributed by atoms with Crippen molar-refractivity contribution in [3.8, 4) is 11.5 Å². The lowest BCUT2D eigenvalue weighted by molar-refractivity contribution is -0.160. The molecule has 0 saturated carbocycles. The molecule has 0 aliphatic carbocycles. The van der Waals surface area contributed by atoms with E-state index in [0.29, 0.717) is 6.61 Å². The molecule has 0 aromatic heterocycles. The highest BCUT2D eigenvalue weighted by Gasteiger charge is 2.31. The molecule has 1 atom stereocenters. The Hall–Kier alpha value is -2.00. The van der Waals surface area contributed by atoms with Crippen LogP contribution >= 0.6 is 0 Å². The second kappa shape index (κ2) is 5.78. The molecule has 110 valence electrons. The SMILES string of the molecule is COC1(C)CCc2cc(OCc3ccccc3)ccc2O1. The monoisotopic (exact) mass is 284 g/mol. The van der Waals surface area contributed by atoms with Gasteiger partial charge in [-0.15, -0.1) is 0 Å². The van der Waals surface area contributed by atoms with E-state index >= 15 is 0 Å². The van der Waals surface area contributed by atoms with Gasteiger partial charge in [0.25, 0.3) is 0 Å². The Bertz CT molecular complexity index is 609. The standard InChI is InChI=1S/C18H20O3/c1-18(19-2)11-10-15-12-16(8-9-17(15)21-18)20-13-14-6-4-3-5-7-14/h3-9,12H,10-11,13H2,1-2H3. The van der Waals surface area contributed by atoms with Crippen LogP contribution in [0.4, 0.5) is 0 Å². The molecule has 0 saturated heterocycles. The Labute approximate surface area is 125 Å². The smallest absolute Gasteiger partial charge is 0.207 e. The molecule has 2 aromatic carbocycles. The Morgan fingerprint density at radius 2 is 1.95 bits per heavy atom. The summed E-state index contributed by atoms with van der Waals surface area (Å²) < 4.78 is 17.2. The van der Waals surface area contributed by atoms with E-state index in [1.807, 2.05) is 37.3 Å². The summed E-state index contributed by atoms with van der Waals surface area (Å²) >= 11 is 0. The van der Waals surface area contributed by atoms with Crippen molar-refractivity contribution in [2.45, 2.75) is 32.2 Å². The van der Waals surface area contributed by atoms with E-state index in [9.17, 15) is 0 Å². The van der Waals surface area contributed by atoms with E-state index in [2.05, 4.69) is 18.2 Å². The number of methoxy groups -OCH3 is 1. The van der Waals surface area contributed by atoms with Crippen molar-refractivity contribution in [3.63, 3.8) is 0 Å². The summed E-state index contributed by atoms with van der Waals surface area (Å²) in [5.74, 6) is 1.25. The first kappa shape index (κ1) is 14.0. The van der Waals surface area contributed by atoms with Crippen molar-refractivity contribution in [2.24, 2.45) is 0 Å². The minimum Gasteiger partial charge on any atom is -0.489 e. The van der Waals surface area contributed by atoms with E-state index in [1.54, 1.807) is 7.11 Å². The number of fused-ring (bicyclic) bond motifs is 1. The van der Waals surface area contributed by atoms with Gasteiger partial charge in [-0.3, -0.25) is 0 Å². The first-order valence-corrected chi connectivity index (χ1v) is 7.22. The van der Waals surface area contributed by atoms with Gasteiger partial charge in [-0.1, -0.05) is 30.3 Å². The van der Waals surface area contributed by atoms with E-state index < -0.39 is 5.79 Å². The largest absolute Gasteiger partial charge is 0.489 e. The Morgan fingerprint density at radius 3 is 2.71 bits per heavy atom. The van der Waals surface area contributed by atoms with Crippen molar-refractivity contribution in [3.05, 3.63) is 59.7 Å². The molecule has 1 unspecified atom stereocenters. The molecule has 0 amide bonds. The van der Waals surface area contributed by atoms with Gasteiger partial charge >= 0.3 is 0 Å². The minimum absolute atomic E-state index is 0.514. The topological polar surface area (TPSA) is 27.7 Å². The van der Waals surface area contributed by atoms with Crippen molar-refractivity contribution < 1.29 is 14.2 Å². The van der Waals surface area contributed by atoms with Crippen LogP contribution in [0.2, 0.25) is 0 Å². The van der Waals surface area contributed by atoms with Crippen LogP contribution in [0.3, 0.4) is 0 Å². The second-order valence-electron chi connectivity index (χ2n) is 5.48. The highest BCUT2D eigenvalue weighted by molar-refractivity contribution is 5.42. The third-order valence-electron chi connectivity index (χ3n) is 3.89. The fraction of sp³-hybridized carbons (Fsp3) is 0.333. The van der Waals surface area contributed by atoms with Gasteiger partial charge in [0.2, 0.25) is 5.79 Å². The first-order chi connectivity index (χ1) is 10.2. The lowest BCUT2D eigenvalue weighted by Crippen LogP contribution is -2.38. The molecule has 0 spiro atoms. The number of hydrogen-bond donors (Lipinski definition) is 0. The molecule has 21 heavy (non-hydrogen) atoms. The second-order valence-corrected chi connectivity index (χ2v) is 5.48. The minimum atomic E-state index is -0.514. The van der Waals surface area contributed by atoms with E-state index in [1.165, 1.54) is 11.1 Å². The number of benzene rings is 2. The molecule has 3 nitrogen and oxygen atoms in total. The Morgan fingerprint density at radius 1 is 1.14 bits per heavy atom. The highest BCUT2D eigenvalue weighted by atomic mass is 16.7. The van der Waals surface area contributed by atoms with Gasteiger partial charge in [0.15, 0.2) is 0 Å². The molecule has 0 fully saturated rings. The molecule has 0 bridgehead atoms. The zero-order valence-electron chi connectivity index (χ0n) is 12.5. The summed E-state index contributed by atoms with van der Waals surface area (Å²) in [7, 11) is 1.68. The van der Waals surface area contributed by atoms with Gasteiger partial charge in [-0.05, 0) is 35.7 Å². The maximum Gasteiger partial charge on any atom is 0.207 e. The van der Waals surface area contributed by atoms with E-state index in [0.717, 1.165) is 24.3 Å². The average Bonchev–Trinajstić information content (AvgIpc) is 2.54. The predicted molar refractivity (Wildman–Crippen MR) is 81.6 cm³/mol. The first-order valence-electron chi connectivity index (χ1n) is 7.22. The van der Waals surface area contributed by atoms with Gasteiger partial charge in [0.05, 0.1) is 0 Å². The van der Waals surface area contributed by atoms with Crippen LogP contribution in [0.1, 0.15) is 24.5 Å². The lowest BCUT2D eigenvalue weighted by atomic mass is 10.0. The molecule has 1 heterocycles. The molecule has 2 aromatic rings. The maximum absolute atomic E-state index is 5.91. The van der Waals surface area contributed by atoms with E-state index in [4.69, 9.17) is 14.2 Å². The normalized spacial score (nSPS) is 20.5. The van der Waals surface area contributed by atoms with Crippen molar-refractivity contribution >= 4 is 0 Å². The summed E-state index contributed by atoms with van der Waals surface area (Å²) in [6.45, 7) is 2.55. The Balaban J connectivity index is 1.70. The van der Waals surface area contributed by atoms with Crippen molar-refractivity contribution in [1.29, 1.82) is 0 Å². The molecule has 3 heteroatoms. The molecule has 3 rings (SSSR count). The van der Waals surface area contributed by atoms with Gasteiger partial charge in [-0.25, -0.2) is 0 Å². The van der Waals surface area contributed by atoms with Crippen molar-refractivity contribution in [2.75, 3.05) is 7.11 Å². The van der Waals surface area contributed by atoms with Crippen LogP contribution in [-0.4, -0.2) is 12.9 Å². The molecular weight excluding hydrogens is 264 g/mol. The number of ether oxygens (including phenoxy) is 3. The molecule has 0 N–H and O–H groups in total. The summed E-state index contributed by atoms with van der Waals surface area (Å²) in [5.41, 5.74) is 2.34. The fourth-order valence-corrected chi connectivity index (χ4v) is 2.47. The Kier molecular flexibility index (Phi) is 3.84. The molecular formula is C18H20O3. The highest BCUT2D eigenvalue weighted by Crippen LogP contribution is 2.35. The van der Waals surface area contributed by atoms with Gasteiger partial charge in [0, 0.05) is 20.5 Å². The predicted octanol–water partition coefficient (Wildman–Crippen LogP) is 3.95. The van der Waals surface area contributed by atoms with Gasteiger partial charge in [0.1, 0.15) is 18.1 Å². The summed E-state index contributed by atoms with van der Waals surface area (Å²) in [6.07, 6.45) is 1.78. The molecule has 0 radical (unpaired) electrons. The van der Waals surface area contributed by atoms with Crippen LogP contribution in [-0.2, 0) is 17.8 Å². The van der Waals surface area contributed by atoms with Crippen LogP contribution in [0.25, 0.3) is 0 Å². The molecule has 1 aliphatic heterocycles. The summed E-state index contributed by atoms with van der Waals surface area (Å²) in [5, 5.41) is 0. The van der Waals surface area contributed by atoms with Crippen LogP contribution in [0.15, 0.2) is 48.5 Å². The fourth-order valence-electron chi connectivity index (χ4n) is 2.47. The van der Waals surface area contributed by atoms with Crippen LogP contribution in [0.5, 0.6) is 11.5 Å². The third kappa shape index (κ3) is 3.19. The number of rotatable bonds is 4. The lowest BCUT2D eigenvalue weighted by Gasteiger charge is -2.34. The number of hydrogen-bond acceptors (Lipinski definition) is 3. The van der Waals surface area contributed by atoms with E-state index in [-0.39, 0.29) is 0 Å². The average molecular weight is 284 g/mol. The maximum atomic E-state index is 5.91. The third-order valence-corrected chi connectivity index (χ3v) is 3.89. The van der Waals surface area contributed by atoms with Crippen LogP contribution < -0.4 is 9.47 Å². The van der Waals surface area contributed by atoms with Crippen molar-refractivity contribution in [1.82, 2.24) is 0 Å². The zero-order chi connectivity index (χ0) is 14.7. The molecule has 1 aliphatic rings. The summed E-state index contributed by atoms with van der Waals surface area (Å²) in [4.78, 5) is 0. The summed E-state index contributed by atoms with van der Waals surface area (Å²) in [6, 6.07) is 16.1. The van der Waals surface area contributed by atoms with Gasteiger partial charge in [-0.2, -0.15) is 0 Å². The van der Waals surface area contributed by atoms with Crippen LogP contribution in [0, 0.1) is 0 Å².